The Morgan fingerprint density at radius 2 is 0.831 bits per heavy atom. The second-order valence-corrected chi connectivity index (χ2v) is 18.7. The van der Waals surface area contributed by atoms with E-state index >= 15 is 0 Å². The molecule has 7 heteroatoms. The molecule has 14 aromatic rings. The zero-order chi connectivity index (χ0) is 46.4. The molecule has 7 heterocycles. The summed E-state index contributed by atoms with van der Waals surface area (Å²) in [6.07, 6.45) is 5.89. The summed E-state index contributed by atoms with van der Waals surface area (Å²) >= 11 is 0. The van der Waals surface area contributed by atoms with Crippen LogP contribution < -0.4 is 4.74 Å². The smallest absolute Gasteiger partial charge is 0.137 e. The molecule has 6 aromatic heterocycles. The van der Waals surface area contributed by atoms with Crippen LogP contribution in [0.5, 0.6) is 11.5 Å². The van der Waals surface area contributed by atoms with Crippen LogP contribution in [0.1, 0.15) is 22.3 Å². The molecule has 0 saturated carbocycles. The van der Waals surface area contributed by atoms with Crippen molar-refractivity contribution in [1.82, 2.24) is 28.7 Å². The highest BCUT2D eigenvalue weighted by molar-refractivity contribution is 6.12. The van der Waals surface area contributed by atoms with Crippen LogP contribution in [0.25, 0.3) is 105 Å². The predicted molar refractivity (Wildman–Crippen MR) is 286 cm³/mol. The van der Waals surface area contributed by atoms with E-state index in [2.05, 4.69) is 220 Å². The van der Waals surface area contributed by atoms with Crippen LogP contribution >= 0.6 is 0 Å². The fourth-order valence-electron chi connectivity index (χ4n) is 12.3. The van der Waals surface area contributed by atoms with Crippen molar-refractivity contribution in [3.8, 4) is 51.2 Å². The van der Waals surface area contributed by atoms with Crippen molar-refractivity contribution in [2.45, 2.75) is 5.41 Å². The van der Waals surface area contributed by atoms with Crippen LogP contribution in [0, 0.1) is 0 Å². The molecule has 7 nitrogen and oxygen atoms in total. The van der Waals surface area contributed by atoms with E-state index in [0.717, 1.165) is 117 Å². The van der Waals surface area contributed by atoms with E-state index in [0.29, 0.717) is 0 Å². The number of aromatic nitrogens is 6. The van der Waals surface area contributed by atoms with E-state index in [4.69, 9.17) is 19.7 Å². The maximum atomic E-state index is 7.02. The Bertz CT molecular complexity index is 4470. The molecule has 1 atom stereocenters. The van der Waals surface area contributed by atoms with Crippen molar-refractivity contribution in [3.63, 3.8) is 0 Å². The fraction of sp³-hybridized carbons (Fsp3) is 0.0156. The maximum absolute atomic E-state index is 7.02. The molecule has 0 bridgehead atoms. The third-order valence-electron chi connectivity index (χ3n) is 15.3. The van der Waals surface area contributed by atoms with Crippen molar-refractivity contribution in [2.75, 3.05) is 0 Å². The van der Waals surface area contributed by atoms with Gasteiger partial charge < -0.3 is 13.9 Å². The van der Waals surface area contributed by atoms with Gasteiger partial charge in [0.05, 0.1) is 73.7 Å². The van der Waals surface area contributed by atoms with Crippen LogP contribution in [-0.4, -0.2) is 28.7 Å². The molecular weight excluding hydrogens is 869 g/mol. The lowest BCUT2D eigenvalue weighted by Gasteiger charge is -2.39. The van der Waals surface area contributed by atoms with Crippen molar-refractivity contribution < 1.29 is 4.74 Å². The van der Waals surface area contributed by atoms with E-state index in [1.54, 1.807) is 0 Å². The molecule has 1 aliphatic carbocycles. The molecule has 0 amide bonds. The van der Waals surface area contributed by atoms with Gasteiger partial charge in [-0.15, -0.1) is 0 Å². The molecule has 0 fully saturated rings. The zero-order valence-electron chi connectivity index (χ0n) is 38.0. The monoisotopic (exact) mass is 906 g/mol. The van der Waals surface area contributed by atoms with Gasteiger partial charge in [-0.3, -0.25) is 14.5 Å². The van der Waals surface area contributed by atoms with Gasteiger partial charge in [0, 0.05) is 55.2 Å². The number of fused-ring (bicyclic) bond motifs is 18. The number of ether oxygens (including phenoxy) is 1. The van der Waals surface area contributed by atoms with Gasteiger partial charge >= 0.3 is 0 Å². The van der Waals surface area contributed by atoms with Crippen LogP contribution in [0.4, 0.5) is 0 Å². The SMILES string of the molecule is c1ccc2c(c1)Oc1cc(-c3ccc4c(c3)c3ccccc3n4-c3ccc(-n4c5ccccc5c5ccccc54)cn3)ccc1C21c2cccnc2-c2ncc(-n3c4ccccc4c4ccccc43)cc21. The molecule has 16 rings (SSSR count). The number of nitrogens with zero attached hydrogens (tertiary/aromatic N) is 6. The lowest BCUT2D eigenvalue weighted by atomic mass is 9.66. The first-order valence-corrected chi connectivity index (χ1v) is 24.1. The first kappa shape index (κ1) is 38.4. The normalized spacial score (nSPS) is 14.6. The van der Waals surface area contributed by atoms with E-state index in [-0.39, 0.29) is 0 Å². The molecule has 8 aromatic carbocycles. The maximum Gasteiger partial charge on any atom is 0.137 e. The molecule has 1 spiro atoms. The predicted octanol–water partition coefficient (Wildman–Crippen LogP) is 15.3. The molecule has 1 unspecified atom stereocenters. The Morgan fingerprint density at radius 3 is 1.49 bits per heavy atom. The Balaban J connectivity index is 0.847. The number of para-hydroxylation sites is 6. The van der Waals surface area contributed by atoms with Gasteiger partial charge in [0.2, 0.25) is 0 Å². The average Bonchev–Trinajstić information content (AvgIpc) is 4.15. The minimum atomic E-state index is -0.745. The van der Waals surface area contributed by atoms with Crippen molar-refractivity contribution in [3.05, 3.63) is 253 Å². The van der Waals surface area contributed by atoms with E-state index in [1.165, 1.54) is 21.5 Å². The number of rotatable bonds is 4. The topological polar surface area (TPSA) is 62.7 Å². The number of pyridine rings is 3. The van der Waals surface area contributed by atoms with Gasteiger partial charge in [0.25, 0.3) is 0 Å². The first-order valence-electron chi connectivity index (χ1n) is 24.1. The van der Waals surface area contributed by atoms with Gasteiger partial charge in [0.1, 0.15) is 17.3 Å². The second-order valence-electron chi connectivity index (χ2n) is 18.7. The van der Waals surface area contributed by atoms with E-state index in [9.17, 15) is 0 Å². The highest BCUT2D eigenvalue weighted by Gasteiger charge is 2.52. The first-order chi connectivity index (χ1) is 35.2. The van der Waals surface area contributed by atoms with Crippen LogP contribution in [0.2, 0.25) is 0 Å². The zero-order valence-corrected chi connectivity index (χ0v) is 38.0. The Labute approximate surface area is 406 Å². The molecule has 0 saturated heterocycles. The Hall–Kier alpha value is -9.59. The summed E-state index contributed by atoms with van der Waals surface area (Å²) in [6, 6.07) is 76.0. The minimum Gasteiger partial charge on any atom is -0.457 e. The molecule has 71 heavy (non-hydrogen) atoms. The summed E-state index contributed by atoms with van der Waals surface area (Å²) in [5, 5.41) is 7.20. The molecule has 2 aliphatic rings. The van der Waals surface area contributed by atoms with E-state index in [1.807, 2.05) is 24.7 Å². The summed E-state index contributed by atoms with van der Waals surface area (Å²) < 4.78 is 14.0. The molecular formula is C64H38N6O. The number of benzene rings is 8. The van der Waals surface area contributed by atoms with Crippen molar-refractivity contribution >= 4 is 65.4 Å². The van der Waals surface area contributed by atoms with Gasteiger partial charge in [-0.2, -0.15) is 0 Å². The van der Waals surface area contributed by atoms with Crippen molar-refractivity contribution in [2.24, 2.45) is 0 Å². The van der Waals surface area contributed by atoms with Gasteiger partial charge in [-0.1, -0.05) is 133 Å². The number of hydrogen-bond acceptors (Lipinski definition) is 4. The highest BCUT2D eigenvalue weighted by Crippen LogP contribution is 2.62. The third-order valence-corrected chi connectivity index (χ3v) is 15.3. The van der Waals surface area contributed by atoms with Crippen molar-refractivity contribution in [1.29, 1.82) is 0 Å². The lowest BCUT2D eigenvalue weighted by Crippen LogP contribution is -2.32. The fourth-order valence-corrected chi connectivity index (χ4v) is 12.3. The lowest BCUT2D eigenvalue weighted by molar-refractivity contribution is 0.436. The molecule has 330 valence electrons. The van der Waals surface area contributed by atoms with Gasteiger partial charge in [-0.25, -0.2) is 4.98 Å². The highest BCUT2D eigenvalue weighted by atomic mass is 16.5. The Morgan fingerprint density at radius 1 is 0.324 bits per heavy atom. The minimum absolute atomic E-state index is 0.745. The second kappa shape index (κ2) is 14.2. The van der Waals surface area contributed by atoms with Gasteiger partial charge in [0.15, 0.2) is 0 Å². The van der Waals surface area contributed by atoms with Crippen LogP contribution in [-0.2, 0) is 5.41 Å². The van der Waals surface area contributed by atoms with Crippen LogP contribution in [0.3, 0.4) is 0 Å². The largest absolute Gasteiger partial charge is 0.457 e. The van der Waals surface area contributed by atoms with Gasteiger partial charge in [-0.05, 0) is 95.6 Å². The Kier molecular flexibility index (Phi) is 7.69. The average molecular weight is 907 g/mol. The van der Waals surface area contributed by atoms with E-state index < -0.39 is 5.41 Å². The summed E-state index contributed by atoms with van der Waals surface area (Å²) in [7, 11) is 0. The summed E-state index contributed by atoms with van der Waals surface area (Å²) in [4.78, 5) is 15.5. The number of hydrogen-bond donors (Lipinski definition) is 0. The quantitative estimate of drug-likeness (QED) is 0.176. The third kappa shape index (κ3) is 5.13. The molecule has 0 radical (unpaired) electrons. The summed E-state index contributed by atoms with van der Waals surface area (Å²) in [5.74, 6) is 2.49. The summed E-state index contributed by atoms with van der Waals surface area (Å²) in [6.45, 7) is 0. The van der Waals surface area contributed by atoms with Crippen LogP contribution in [0.15, 0.2) is 231 Å². The summed E-state index contributed by atoms with van der Waals surface area (Å²) in [5.41, 5.74) is 16.3. The standard InChI is InChI=1S/C64H38N6O/c1-7-21-53-43(14-1)44-15-2-8-22-54(44)68(53)41-29-32-61(66-37-41)70-57-25-11-5-18-47(57)48-34-39(28-31-58(48)70)40-27-30-50-60(35-40)71-59-26-12-6-19-49(59)64(50)51-20-13-33-65-62(51)63-52(64)36-42(38-67-63)69-55-23-9-3-16-45(55)46-17-4-10-24-56(46)69/h1-38H. The molecule has 1 aliphatic heterocycles. The molecule has 0 N–H and O–H groups in total.